The summed E-state index contributed by atoms with van der Waals surface area (Å²) >= 11 is 0. The molecule has 1 saturated heterocycles. The molecular formula is C33H40N4O3. The zero-order valence-electron chi connectivity index (χ0n) is 23.8. The number of nitrogens with zero attached hydrogens (tertiary/aromatic N) is 3. The maximum atomic E-state index is 12.6. The van der Waals surface area contributed by atoms with Crippen LogP contribution in [0.4, 0.5) is 0 Å². The van der Waals surface area contributed by atoms with E-state index in [9.17, 15) is 9.59 Å². The molecule has 5 rings (SSSR count). The number of nitrogens with one attached hydrogen (secondary N) is 1. The predicted octanol–water partition coefficient (Wildman–Crippen LogP) is 5.51. The van der Waals surface area contributed by atoms with E-state index in [1.54, 1.807) is 0 Å². The maximum Gasteiger partial charge on any atom is 0.326 e. The number of hydrogen-bond acceptors (Lipinski definition) is 4. The summed E-state index contributed by atoms with van der Waals surface area (Å²) in [6.45, 7) is 10.3. The molecule has 0 bridgehead atoms. The second-order valence-electron chi connectivity index (χ2n) is 10.7. The lowest BCUT2D eigenvalue weighted by Gasteiger charge is -2.34. The average Bonchev–Trinajstić information content (AvgIpc) is 3.31. The Bertz CT molecular complexity index is 1480. The van der Waals surface area contributed by atoms with E-state index >= 15 is 0 Å². The number of carbonyl (C=O) groups is 1. The lowest BCUT2D eigenvalue weighted by Crippen LogP contribution is -2.41. The number of carbonyl (C=O) groups excluding carboxylic acids is 1. The number of aromatic nitrogens is 2. The molecule has 1 fully saturated rings. The molecule has 0 aliphatic carbocycles. The van der Waals surface area contributed by atoms with Crippen molar-refractivity contribution in [3.05, 3.63) is 100.0 Å². The minimum absolute atomic E-state index is 0.0157. The van der Waals surface area contributed by atoms with E-state index in [0.29, 0.717) is 13.1 Å². The summed E-state index contributed by atoms with van der Waals surface area (Å²) in [5.74, 6) is 0.977. The van der Waals surface area contributed by atoms with Gasteiger partial charge in [0, 0.05) is 50.7 Å². The quantitative estimate of drug-likeness (QED) is 0.288. The molecule has 7 nitrogen and oxygen atoms in total. The fourth-order valence-corrected chi connectivity index (χ4v) is 5.86. The van der Waals surface area contributed by atoms with Crippen molar-refractivity contribution < 1.29 is 9.53 Å². The van der Waals surface area contributed by atoms with Gasteiger partial charge in [-0.25, -0.2) is 4.79 Å². The zero-order valence-corrected chi connectivity index (χ0v) is 23.8. The highest BCUT2D eigenvalue weighted by molar-refractivity contribution is 5.94. The number of H-pyrrole nitrogens is 1. The minimum Gasteiger partial charge on any atom is -0.489 e. The minimum atomic E-state index is -0.0157. The van der Waals surface area contributed by atoms with E-state index in [-0.39, 0.29) is 23.7 Å². The number of amides is 1. The van der Waals surface area contributed by atoms with Crippen LogP contribution in [0.3, 0.4) is 0 Å². The Morgan fingerprint density at radius 3 is 2.38 bits per heavy atom. The molecular weight excluding hydrogens is 500 g/mol. The Morgan fingerprint density at radius 2 is 1.65 bits per heavy atom. The zero-order chi connectivity index (χ0) is 28.1. The predicted molar refractivity (Wildman–Crippen MR) is 160 cm³/mol. The standard InChI is InChI=1S/C33H40N4O3/c1-4-36(5-2)32(38)26-16-14-25(15-17-26)22-27-10-6-9-13-31(27)40-24(3)23-35-20-18-28(19-21-35)37-30-12-8-7-11-29(30)34-33(37)39/h6-17,24,28H,4-5,18-23H2,1-3H3,(H,34,39). The number of hydrogen-bond donors (Lipinski definition) is 1. The van der Waals surface area contributed by atoms with Crippen molar-refractivity contribution in [2.45, 2.75) is 52.2 Å². The maximum absolute atomic E-state index is 12.6. The average molecular weight is 541 g/mol. The van der Waals surface area contributed by atoms with E-state index in [1.165, 1.54) is 0 Å². The van der Waals surface area contributed by atoms with Crippen LogP contribution in [0.2, 0.25) is 0 Å². The lowest BCUT2D eigenvalue weighted by molar-refractivity contribution is 0.0773. The monoisotopic (exact) mass is 540 g/mol. The van der Waals surface area contributed by atoms with Gasteiger partial charge in [-0.2, -0.15) is 0 Å². The molecule has 2 heterocycles. The summed E-state index contributed by atoms with van der Waals surface area (Å²) in [5.41, 5.74) is 4.88. The van der Waals surface area contributed by atoms with Crippen LogP contribution < -0.4 is 10.4 Å². The number of rotatable bonds is 10. The van der Waals surface area contributed by atoms with Crippen molar-refractivity contribution in [1.82, 2.24) is 19.4 Å². The van der Waals surface area contributed by atoms with E-state index in [1.807, 2.05) is 90.0 Å². The number of aromatic amines is 1. The van der Waals surface area contributed by atoms with E-state index in [2.05, 4.69) is 22.9 Å². The molecule has 1 aliphatic rings. The molecule has 0 saturated carbocycles. The number of ether oxygens (including phenoxy) is 1. The van der Waals surface area contributed by atoms with Gasteiger partial charge < -0.3 is 14.6 Å². The van der Waals surface area contributed by atoms with Gasteiger partial charge in [-0.3, -0.25) is 14.3 Å². The molecule has 1 aliphatic heterocycles. The molecule has 0 spiro atoms. The van der Waals surface area contributed by atoms with Gasteiger partial charge in [0.2, 0.25) is 0 Å². The molecule has 1 unspecified atom stereocenters. The molecule has 0 radical (unpaired) electrons. The van der Waals surface area contributed by atoms with Gasteiger partial charge in [0.05, 0.1) is 11.0 Å². The molecule has 7 heteroatoms. The van der Waals surface area contributed by atoms with E-state index < -0.39 is 0 Å². The van der Waals surface area contributed by atoms with Crippen LogP contribution in [0.1, 0.15) is 61.1 Å². The van der Waals surface area contributed by atoms with Crippen molar-refractivity contribution in [1.29, 1.82) is 0 Å². The van der Waals surface area contributed by atoms with Crippen molar-refractivity contribution in [2.75, 3.05) is 32.7 Å². The van der Waals surface area contributed by atoms with Crippen molar-refractivity contribution in [3.8, 4) is 5.75 Å². The Hall–Kier alpha value is -3.84. The number of likely N-dealkylation sites (tertiary alicyclic amines) is 1. The van der Waals surface area contributed by atoms with Crippen LogP contribution in [0.15, 0.2) is 77.6 Å². The van der Waals surface area contributed by atoms with Gasteiger partial charge in [-0.1, -0.05) is 42.5 Å². The summed E-state index contributed by atoms with van der Waals surface area (Å²) in [5, 5.41) is 0. The summed E-state index contributed by atoms with van der Waals surface area (Å²) in [7, 11) is 0. The molecule has 4 aromatic rings. The highest BCUT2D eigenvalue weighted by Gasteiger charge is 2.25. The first-order valence-electron chi connectivity index (χ1n) is 14.5. The first-order chi connectivity index (χ1) is 19.5. The van der Waals surface area contributed by atoms with Gasteiger partial charge in [-0.05, 0) is 75.1 Å². The Kier molecular flexibility index (Phi) is 8.70. The summed E-state index contributed by atoms with van der Waals surface area (Å²) in [4.78, 5) is 32.5. The number of para-hydroxylation sites is 3. The molecule has 40 heavy (non-hydrogen) atoms. The number of fused-ring (bicyclic) bond motifs is 1. The van der Waals surface area contributed by atoms with Crippen molar-refractivity contribution >= 4 is 16.9 Å². The normalized spacial score (nSPS) is 15.3. The number of benzene rings is 3. The first kappa shape index (κ1) is 27.7. The third-order valence-electron chi connectivity index (χ3n) is 8.01. The SMILES string of the molecule is CCN(CC)C(=O)c1ccc(Cc2ccccc2OC(C)CN2CCC(n3c(=O)[nH]c4ccccc43)CC2)cc1. The van der Waals surface area contributed by atoms with Gasteiger partial charge in [0.1, 0.15) is 11.9 Å². The Morgan fingerprint density at radius 1 is 0.975 bits per heavy atom. The number of piperidine rings is 1. The molecule has 1 atom stereocenters. The molecule has 210 valence electrons. The van der Waals surface area contributed by atoms with Gasteiger partial charge in [0.25, 0.3) is 5.91 Å². The summed E-state index contributed by atoms with van der Waals surface area (Å²) in [6, 6.07) is 24.3. The fraction of sp³-hybridized carbons (Fsp3) is 0.394. The third kappa shape index (κ3) is 6.15. The second kappa shape index (κ2) is 12.6. The number of imidazole rings is 1. The molecule has 1 N–H and O–H groups in total. The second-order valence-corrected chi connectivity index (χ2v) is 10.7. The van der Waals surface area contributed by atoms with Gasteiger partial charge in [-0.15, -0.1) is 0 Å². The fourth-order valence-electron chi connectivity index (χ4n) is 5.86. The Balaban J connectivity index is 1.17. The molecule has 1 aromatic heterocycles. The summed E-state index contributed by atoms with van der Waals surface area (Å²) in [6.07, 6.45) is 2.66. The largest absolute Gasteiger partial charge is 0.489 e. The van der Waals surface area contributed by atoms with E-state index in [0.717, 1.165) is 72.4 Å². The first-order valence-corrected chi connectivity index (χ1v) is 14.5. The Labute approximate surface area is 236 Å². The smallest absolute Gasteiger partial charge is 0.326 e. The molecule has 1 amide bonds. The van der Waals surface area contributed by atoms with E-state index in [4.69, 9.17) is 4.74 Å². The van der Waals surface area contributed by atoms with Crippen molar-refractivity contribution in [3.63, 3.8) is 0 Å². The van der Waals surface area contributed by atoms with Crippen LogP contribution in [0.5, 0.6) is 5.75 Å². The summed E-state index contributed by atoms with van der Waals surface area (Å²) < 4.78 is 8.40. The van der Waals surface area contributed by atoms with Crippen LogP contribution in [0.25, 0.3) is 11.0 Å². The lowest BCUT2D eigenvalue weighted by atomic mass is 10.0. The topological polar surface area (TPSA) is 70.6 Å². The molecule has 3 aromatic carbocycles. The van der Waals surface area contributed by atoms with Crippen LogP contribution in [-0.4, -0.2) is 64.1 Å². The van der Waals surface area contributed by atoms with Gasteiger partial charge >= 0.3 is 5.69 Å². The highest BCUT2D eigenvalue weighted by atomic mass is 16.5. The van der Waals surface area contributed by atoms with Gasteiger partial charge in [0.15, 0.2) is 0 Å². The van der Waals surface area contributed by atoms with Crippen LogP contribution in [-0.2, 0) is 6.42 Å². The van der Waals surface area contributed by atoms with Crippen molar-refractivity contribution in [2.24, 2.45) is 0 Å². The van der Waals surface area contributed by atoms with Crippen LogP contribution in [0, 0.1) is 0 Å². The van der Waals surface area contributed by atoms with Crippen LogP contribution >= 0.6 is 0 Å². The highest BCUT2D eigenvalue weighted by Crippen LogP contribution is 2.26. The third-order valence-corrected chi connectivity index (χ3v) is 8.01.